The molecular formula is C11H16N2OS. The van der Waals surface area contributed by atoms with E-state index in [1.165, 1.54) is 0 Å². The zero-order valence-corrected chi connectivity index (χ0v) is 10.2. The van der Waals surface area contributed by atoms with Crippen LogP contribution in [0.5, 0.6) is 0 Å². The number of thiazole rings is 1. The molecule has 3 nitrogen and oxygen atoms in total. The van der Waals surface area contributed by atoms with Crippen LogP contribution in [0.4, 0.5) is 0 Å². The molecule has 1 atom stereocenters. The molecule has 1 heterocycles. The largest absolute Gasteiger partial charge is 0.371 e. The van der Waals surface area contributed by atoms with Crippen molar-refractivity contribution in [2.24, 2.45) is 5.92 Å². The number of nitrogens with zero attached hydrogens (tertiary/aromatic N) is 2. The monoisotopic (exact) mass is 224 g/mol. The summed E-state index contributed by atoms with van der Waals surface area (Å²) in [5.74, 6) is 0.408. The molecule has 0 aromatic carbocycles. The molecule has 0 saturated heterocycles. The molecule has 0 aliphatic heterocycles. The normalized spacial score (nSPS) is 12.7. The Hall–Kier alpha value is -0.920. The van der Waals surface area contributed by atoms with Gasteiger partial charge in [-0.05, 0) is 12.8 Å². The van der Waals surface area contributed by atoms with Crippen molar-refractivity contribution >= 4 is 11.3 Å². The van der Waals surface area contributed by atoms with Crippen molar-refractivity contribution in [1.29, 1.82) is 5.26 Å². The summed E-state index contributed by atoms with van der Waals surface area (Å²) in [6.45, 7) is 6.91. The highest BCUT2D eigenvalue weighted by molar-refractivity contribution is 7.09. The molecule has 0 radical (unpaired) electrons. The Bertz CT molecular complexity index is 341. The lowest BCUT2D eigenvalue weighted by molar-refractivity contribution is 0.0292. The average molecular weight is 224 g/mol. The maximum absolute atomic E-state index is 8.56. The van der Waals surface area contributed by atoms with Gasteiger partial charge in [-0.25, -0.2) is 4.98 Å². The number of rotatable bonds is 5. The molecule has 0 bridgehead atoms. The van der Waals surface area contributed by atoms with E-state index in [1.54, 1.807) is 11.3 Å². The van der Waals surface area contributed by atoms with E-state index in [9.17, 15) is 0 Å². The van der Waals surface area contributed by atoms with Gasteiger partial charge in [-0.1, -0.05) is 13.8 Å². The van der Waals surface area contributed by atoms with Gasteiger partial charge in [0.2, 0.25) is 0 Å². The second-order valence-electron chi connectivity index (χ2n) is 3.63. The minimum atomic E-state index is 0.0624. The van der Waals surface area contributed by atoms with E-state index in [0.29, 0.717) is 18.9 Å². The van der Waals surface area contributed by atoms with Gasteiger partial charge in [-0.15, -0.1) is 11.3 Å². The second kappa shape index (κ2) is 5.84. The summed E-state index contributed by atoms with van der Waals surface area (Å²) in [6.07, 6.45) is 0.445. The number of nitriles is 1. The number of aromatic nitrogens is 1. The molecule has 82 valence electrons. The predicted molar refractivity (Wildman–Crippen MR) is 60.6 cm³/mol. The summed E-state index contributed by atoms with van der Waals surface area (Å²) in [6, 6.07) is 2.10. The first-order chi connectivity index (χ1) is 7.19. The maximum atomic E-state index is 8.56. The summed E-state index contributed by atoms with van der Waals surface area (Å²) in [5.41, 5.74) is 0.850. The topological polar surface area (TPSA) is 45.9 Å². The van der Waals surface area contributed by atoms with Crippen LogP contribution in [0.1, 0.15) is 37.6 Å². The third-order valence-electron chi connectivity index (χ3n) is 2.02. The fourth-order valence-corrected chi connectivity index (χ4v) is 2.38. The standard InChI is InChI=1S/C11H16N2OS/c1-4-14-10(8(2)3)11-13-9(5-6-12)7-15-11/h7-8,10H,4-5H2,1-3H3. The quantitative estimate of drug-likeness (QED) is 0.772. The SMILES string of the molecule is CCOC(c1nc(CC#N)cs1)C(C)C. The second-order valence-corrected chi connectivity index (χ2v) is 4.52. The maximum Gasteiger partial charge on any atom is 0.122 e. The van der Waals surface area contributed by atoms with Crippen LogP contribution in [0.25, 0.3) is 0 Å². The lowest BCUT2D eigenvalue weighted by Crippen LogP contribution is -2.10. The Balaban J connectivity index is 2.78. The molecule has 15 heavy (non-hydrogen) atoms. The Morgan fingerprint density at radius 1 is 1.60 bits per heavy atom. The van der Waals surface area contributed by atoms with Crippen LogP contribution < -0.4 is 0 Å². The van der Waals surface area contributed by atoms with Crippen molar-refractivity contribution in [3.05, 3.63) is 16.1 Å². The molecule has 0 aliphatic carbocycles. The molecule has 0 saturated carbocycles. The van der Waals surface area contributed by atoms with E-state index >= 15 is 0 Å². The first kappa shape index (κ1) is 12.2. The zero-order valence-electron chi connectivity index (χ0n) is 9.36. The van der Waals surface area contributed by atoms with E-state index < -0.39 is 0 Å². The van der Waals surface area contributed by atoms with E-state index in [1.807, 2.05) is 12.3 Å². The summed E-state index contributed by atoms with van der Waals surface area (Å²) in [7, 11) is 0. The average Bonchev–Trinajstić information content (AvgIpc) is 2.62. The number of ether oxygens (including phenoxy) is 1. The summed E-state index contributed by atoms with van der Waals surface area (Å²) >= 11 is 1.58. The van der Waals surface area contributed by atoms with Gasteiger partial charge in [-0.3, -0.25) is 0 Å². The third-order valence-corrected chi connectivity index (χ3v) is 2.98. The predicted octanol–water partition coefficient (Wildman–Crippen LogP) is 2.94. The van der Waals surface area contributed by atoms with Gasteiger partial charge >= 0.3 is 0 Å². The molecule has 0 amide bonds. The molecule has 0 fully saturated rings. The van der Waals surface area contributed by atoms with E-state index in [4.69, 9.17) is 10.00 Å². The fourth-order valence-electron chi connectivity index (χ4n) is 1.34. The van der Waals surface area contributed by atoms with Crippen molar-refractivity contribution in [2.75, 3.05) is 6.61 Å². The first-order valence-corrected chi connectivity index (χ1v) is 5.99. The highest BCUT2D eigenvalue weighted by Crippen LogP contribution is 2.28. The van der Waals surface area contributed by atoms with Gasteiger partial charge in [0.15, 0.2) is 0 Å². The van der Waals surface area contributed by atoms with Crippen LogP contribution in [0.2, 0.25) is 0 Å². The van der Waals surface area contributed by atoms with Crippen molar-refractivity contribution in [2.45, 2.75) is 33.3 Å². The summed E-state index contributed by atoms with van der Waals surface area (Å²) in [4.78, 5) is 4.41. The molecule has 0 spiro atoms. The van der Waals surface area contributed by atoms with E-state index in [-0.39, 0.29) is 6.10 Å². The smallest absolute Gasteiger partial charge is 0.122 e. The number of hydrogen-bond donors (Lipinski definition) is 0. The first-order valence-electron chi connectivity index (χ1n) is 5.11. The van der Waals surface area contributed by atoms with Crippen LogP contribution in [-0.2, 0) is 11.2 Å². The highest BCUT2D eigenvalue weighted by Gasteiger charge is 2.19. The lowest BCUT2D eigenvalue weighted by Gasteiger charge is -2.17. The van der Waals surface area contributed by atoms with Crippen LogP contribution >= 0.6 is 11.3 Å². The molecule has 1 aromatic rings. The van der Waals surface area contributed by atoms with E-state index in [0.717, 1.165) is 10.7 Å². The van der Waals surface area contributed by atoms with Crippen LogP contribution in [0, 0.1) is 17.2 Å². The van der Waals surface area contributed by atoms with Crippen molar-refractivity contribution < 1.29 is 4.74 Å². The van der Waals surface area contributed by atoms with Crippen molar-refractivity contribution in [3.8, 4) is 6.07 Å². The van der Waals surface area contributed by atoms with Crippen LogP contribution in [0.15, 0.2) is 5.38 Å². The fraction of sp³-hybridized carbons (Fsp3) is 0.636. The van der Waals surface area contributed by atoms with Gasteiger partial charge < -0.3 is 4.74 Å². The molecule has 0 N–H and O–H groups in total. The van der Waals surface area contributed by atoms with E-state index in [2.05, 4.69) is 24.9 Å². The minimum Gasteiger partial charge on any atom is -0.371 e. The molecule has 4 heteroatoms. The lowest BCUT2D eigenvalue weighted by atomic mass is 10.1. The van der Waals surface area contributed by atoms with Gasteiger partial charge in [0.05, 0.1) is 18.2 Å². The van der Waals surface area contributed by atoms with Gasteiger partial charge in [0, 0.05) is 12.0 Å². The summed E-state index contributed by atoms with van der Waals surface area (Å²) in [5, 5.41) is 11.5. The Labute approximate surface area is 94.7 Å². The highest BCUT2D eigenvalue weighted by atomic mass is 32.1. The molecule has 1 aromatic heterocycles. The van der Waals surface area contributed by atoms with Crippen LogP contribution in [-0.4, -0.2) is 11.6 Å². The third kappa shape index (κ3) is 3.29. The summed E-state index contributed by atoms with van der Waals surface area (Å²) < 4.78 is 5.65. The Morgan fingerprint density at radius 3 is 2.87 bits per heavy atom. The van der Waals surface area contributed by atoms with Gasteiger partial charge in [0.1, 0.15) is 11.1 Å². The molecular weight excluding hydrogens is 208 g/mol. The van der Waals surface area contributed by atoms with Crippen molar-refractivity contribution in [1.82, 2.24) is 4.98 Å². The molecule has 1 unspecified atom stereocenters. The van der Waals surface area contributed by atoms with Crippen molar-refractivity contribution in [3.63, 3.8) is 0 Å². The Morgan fingerprint density at radius 2 is 2.33 bits per heavy atom. The number of hydrogen-bond acceptors (Lipinski definition) is 4. The molecule has 1 rings (SSSR count). The Kier molecular flexibility index (Phi) is 4.73. The zero-order chi connectivity index (χ0) is 11.3. The van der Waals surface area contributed by atoms with Gasteiger partial charge in [-0.2, -0.15) is 5.26 Å². The minimum absolute atomic E-state index is 0.0624. The van der Waals surface area contributed by atoms with Gasteiger partial charge in [0.25, 0.3) is 0 Å². The molecule has 0 aliphatic rings. The van der Waals surface area contributed by atoms with Crippen LogP contribution in [0.3, 0.4) is 0 Å².